The average Bonchev–Trinajstić information content (AvgIpc) is 3.04. The molecule has 2 aromatic carbocycles. The van der Waals surface area contributed by atoms with Gasteiger partial charge in [-0.1, -0.05) is 24.3 Å². The topological polar surface area (TPSA) is 65.1 Å². The number of benzene rings is 2. The van der Waals surface area contributed by atoms with Crippen molar-refractivity contribution in [1.29, 1.82) is 0 Å². The highest BCUT2D eigenvalue weighted by molar-refractivity contribution is 7.90. The summed E-state index contributed by atoms with van der Waals surface area (Å²) in [5, 5.41) is 0. The summed E-state index contributed by atoms with van der Waals surface area (Å²) in [6, 6.07) is 19.0. The number of hydrogen-bond acceptors (Lipinski definition) is 3. The standard InChI is InChI=1S/C18H18N2O2S/c1-23(21,22)17-10-6-15(7-11-17)18-3-2-12-20(18)16-8-4-14(13-19)5-9-16/h2-12H,13,19H2,1H3. The first kappa shape index (κ1) is 15.5. The number of rotatable bonds is 4. The van der Waals surface area contributed by atoms with Crippen molar-refractivity contribution in [3.8, 4) is 16.9 Å². The smallest absolute Gasteiger partial charge is 0.175 e. The van der Waals surface area contributed by atoms with Crippen LogP contribution in [0, 0.1) is 0 Å². The lowest BCUT2D eigenvalue weighted by Gasteiger charge is -2.10. The molecule has 2 N–H and O–H groups in total. The van der Waals surface area contributed by atoms with Crippen molar-refractivity contribution in [2.45, 2.75) is 11.4 Å². The first-order valence-electron chi connectivity index (χ1n) is 7.26. The molecule has 0 bridgehead atoms. The molecule has 1 aromatic heterocycles. The fraction of sp³-hybridized carbons (Fsp3) is 0.111. The van der Waals surface area contributed by atoms with Crippen LogP contribution in [-0.4, -0.2) is 19.2 Å². The zero-order valence-electron chi connectivity index (χ0n) is 12.8. The molecule has 0 aliphatic heterocycles. The Morgan fingerprint density at radius 1 is 0.957 bits per heavy atom. The number of hydrogen-bond donors (Lipinski definition) is 1. The molecule has 3 rings (SSSR count). The van der Waals surface area contributed by atoms with Crippen LogP contribution >= 0.6 is 0 Å². The summed E-state index contributed by atoms with van der Waals surface area (Å²) >= 11 is 0. The second-order valence-electron chi connectivity index (χ2n) is 5.43. The maximum absolute atomic E-state index is 11.6. The Morgan fingerprint density at radius 3 is 2.17 bits per heavy atom. The lowest BCUT2D eigenvalue weighted by molar-refractivity contribution is 0.602. The van der Waals surface area contributed by atoms with E-state index in [1.165, 1.54) is 6.26 Å². The minimum absolute atomic E-state index is 0.326. The maximum atomic E-state index is 11.6. The molecule has 5 heteroatoms. The number of nitrogens with zero attached hydrogens (tertiary/aromatic N) is 1. The highest BCUT2D eigenvalue weighted by Crippen LogP contribution is 2.25. The number of sulfone groups is 1. The lowest BCUT2D eigenvalue weighted by atomic mass is 10.1. The van der Waals surface area contributed by atoms with Crippen LogP contribution in [0.3, 0.4) is 0 Å². The van der Waals surface area contributed by atoms with Gasteiger partial charge in [0.1, 0.15) is 0 Å². The molecule has 0 aliphatic rings. The molecular weight excluding hydrogens is 308 g/mol. The Balaban J connectivity index is 2.00. The highest BCUT2D eigenvalue weighted by atomic mass is 32.2. The molecule has 0 unspecified atom stereocenters. The van der Waals surface area contributed by atoms with Gasteiger partial charge < -0.3 is 10.3 Å². The predicted molar refractivity (Wildman–Crippen MR) is 92.2 cm³/mol. The molecule has 118 valence electrons. The Kier molecular flexibility index (Phi) is 4.07. The van der Waals surface area contributed by atoms with E-state index in [1.807, 2.05) is 54.7 Å². The van der Waals surface area contributed by atoms with Gasteiger partial charge in [-0.2, -0.15) is 0 Å². The van der Waals surface area contributed by atoms with Crippen LogP contribution in [-0.2, 0) is 16.4 Å². The van der Waals surface area contributed by atoms with Gasteiger partial charge in [0.25, 0.3) is 0 Å². The fourth-order valence-corrected chi connectivity index (χ4v) is 3.14. The molecule has 0 saturated carbocycles. The van der Waals surface area contributed by atoms with E-state index in [2.05, 4.69) is 4.57 Å². The van der Waals surface area contributed by atoms with Gasteiger partial charge in [0, 0.05) is 24.7 Å². The average molecular weight is 326 g/mol. The third kappa shape index (κ3) is 3.21. The molecular formula is C18H18N2O2S. The third-order valence-electron chi connectivity index (χ3n) is 3.78. The molecule has 0 spiro atoms. The van der Waals surface area contributed by atoms with E-state index in [0.717, 1.165) is 22.5 Å². The second-order valence-corrected chi connectivity index (χ2v) is 7.45. The Hall–Kier alpha value is -2.37. The molecule has 4 nitrogen and oxygen atoms in total. The van der Waals surface area contributed by atoms with E-state index in [1.54, 1.807) is 12.1 Å². The summed E-state index contributed by atoms with van der Waals surface area (Å²) in [6.45, 7) is 0.520. The van der Waals surface area contributed by atoms with Crippen molar-refractivity contribution in [3.05, 3.63) is 72.4 Å². The largest absolute Gasteiger partial charge is 0.326 e. The molecule has 23 heavy (non-hydrogen) atoms. The van der Waals surface area contributed by atoms with Gasteiger partial charge in [0.15, 0.2) is 9.84 Å². The maximum Gasteiger partial charge on any atom is 0.175 e. The van der Waals surface area contributed by atoms with E-state index in [4.69, 9.17) is 5.73 Å². The van der Waals surface area contributed by atoms with Crippen molar-refractivity contribution < 1.29 is 8.42 Å². The third-order valence-corrected chi connectivity index (χ3v) is 4.91. The first-order valence-corrected chi connectivity index (χ1v) is 9.15. The van der Waals surface area contributed by atoms with E-state index >= 15 is 0 Å². The summed E-state index contributed by atoms with van der Waals surface area (Å²) < 4.78 is 25.2. The summed E-state index contributed by atoms with van der Waals surface area (Å²) in [4.78, 5) is 0.326. The molecule has 0 atom stereocenters. The molecule has 0 aliphatic carbocycles. The SMILES string of the molecule is CS(=O)(=O)c1ccc(-c2cccn2-c2ccc(CN)cc2)cc1. The molecule has 1 heterocycles. The Bertz CT molecular complexity index is 908. The lowest BCUT2D eigenvalue weighted by Crippen LogP contribution is -1.99. The van der Waals surface area contributed by atoms with Gasteiger partial charge in [-0.05, 0) is 47.5 Å². The quantitative estimate of drug-likeness (QED) is 0.801. The van der Waals surface area contributed by atoms with Gasteiger partial charge in [0.2, 0.25) is 0 Å². The summed E-state index contributed by atoms with van der Waals surface area (Å²) in [6.07, 6.45) is 3.20. The summed E-state index contributed by atoms with van der Waals surface area (Å²) in [5.74, 6) is 0. The molecule has 0 radical (unpaired) electrons. The van der Waals surface area contributed by atoms with Gasteiger partial charge in [-0.25, -0.2) is 8.42 Å². The van der Waals surface area contributed by atoms with E-state index in [9.17, 15) is 8.42 Å². The van der Waals surface area contributed by atoms with Crippen LogP contribution < -0.4 is 5.73 Å². The molecule has 0 amide bonds. The van der Waals surface area contributed by atoms with Gasteiger partial charge >= 0.3 is 0 Å². The molecule has 3 aromatic rings. The highest BCUT2D eigenvalue weighted by Gasteiger charge is 2.09. The van der Waals surface area contributed by atoms with Crippen LogP contribution in [0.1, 0.15) is 5.56 Å². The Labute approximate surface area is 136 Å². The summed E-state index contributed by atoms with van der Waals surface area (Å²) in [5.41, 5.74) is 9.72. The van der Waals surface area contributed by atoms with Gasteiger partial charge in [0.05, 0.1) is 10.6 Å². The number of nitrogens with two attached hydrogens (primary N) is 1. The zero-order valence-corrected chi connectivity index (χ0v) is 13.6. The molecule has 0 fully saturated rings. The van der Waals surface area contributed by atoms with E-state index in [0.29, 0.717) is 11.4 Å². The van der Waals surface area contributed by atoms with Crippen LogP contribution in [0.4, 0.5) is 0 Å². The second kappa shape index (κ2) is 6.02. The Morgan fingerprint density at radius 2 is 1.61 bits per heavy atom. The number of aromatic nitrogens is 1. The van der Waals surface area contributed by atoms with Gasteiger partial charge in [-0.3, -0.25) is 0 Å². The van der Waals surface area contributed by atoms with E-state index in [-0.39, 0.29) is 0 Å². The van der Waals surface area contributed by atoms with Gasteiger partial charge in [-0.15, -0.1) is 0 Å². The summed E-state index contributed by atoms with van der Waals surface area (Å²) in [7, 11) is -3.18. The van der Waals surface area contributed by atoms with Crippen LogP contribution in [0.2, 0.25) is 0 Å². The van der Waals surface area contributed by atoms with Crippen LogP contribution in [0.5, 0.6) is 0 Å². The zero-order chi connectivity index (χ0) is 16.4. The van der Waals surface area contributed by atoms with Crippen molar-refractivity contribution in [1.82, 2.24) is 4.57 Å². The van der Waals surface area contributed by atoms with Crippen molar-refractivity contribution in [2.24, 2.45) is 5.73 Å². The van der Waals surface area contributed by atoms with Crippen molar-refractivity contribution >= 4 is 9.84 Å². The van der Waals surface area contributed by atoms with Crippen LogP contribution in [0.15, 0.2) is 71.8 Å². The monoisotopic (exact) mass is 326 g/mol. The molecule has 0 saturated heterocycles. The minimum Gasteiger partial charge on any atom is -0.326 e. The van der Waals surface area contributed by atoms with Crippen molar-refractivity contribution in [2.75, 3.05) is 6.26 Å². The minimum atomic E-state index is -3.18. The fourth-order valence-electron chi connectivity index (χ4n) is 2.51. The normalized spacial score (nSPS) is 11.6. The van der Waals surface area contributed by atoms with Crippen molar-refractivity contribution in [3.63, 3.8) is 0 Å². The van der Waals surface area contributed by atoms with Crippen LogP contribution in [0.25, 0.3) is 16.9 Å². The van der Waals surface area contributed by atoms with E-state index < -0.39 is 9.84 Å². The first-order chi connectivity index (χ1) is 11.0. The predicted octanol–water partition coefficient (Wildman–Crippen LogP) is 3.01.